The Morgan fingerprint density at radius 2 is 1.86 bits per heavy atom. The molecule has 0 radical (unpaired) electrons. The third-order valence-corrected chi connectivity index (χ3v) is 5.17. The minimum atomic E-state index is 0.556. The van der Waals surface area contributed by atoms with Crippen molar-refractivity contribution in [3.05, 3.63) is 35.4 Å². The van der Waals surface area contributed by atoms with Crippen LogP contribution in [0.3, 0.4) is 0 Å². The van der Waals surface area contributed by atoms with E-state index in [9.17, 15) is 0 Å². The molecule has 1 saturated carbocycles. The monoisotopic (exact) mass is 287 g/mol. The molecule has 0 aromatic heterocycles. The van der Waals surface area contributed by atoms with Gasteiger partial charge in [0.1, 0.15) is 0 Å². The van der Waals surface area contributed by atoms with E-state index >= 15 is 0 Å². The first-order chi connectivity index (χ1) is 10.3. The van der Waals surface area contributed by atoms with E-state index in [-0.39, 0.29) is 0 Å². The van der Waals surface area contributed by atoms with Crippen molar-refractivity contribution < 1.29 is 0 Å². The number of aryl methyl sites for hydroxylation is 1. The van der Waals surface area contributed by atoms with Gasteiger partial charge in [-0.05, 0) is 48.8 Å². The first kappa shape index (κ1) is 16.5. The highest BCUT2D eigenvalue weighted by atomic mass is 14.9. The molecule has 1 aliphatic carbocycles. The summed E-state index contributed by atoms with van der Waals surface area (Å²) in [5.41, 5.74) is 2.98. The Morgan fingerprint density at radius 1 is 1.10 bits per heavy atom. The first-order valence-electron chi connectivity index (χ1n) is 9.10. The third kappa shape index (κ3) is 4.57. The summed E-state index contributed by atoms with van der Waals surface area (Å²) in [5.74, 6) is 1.77. The van der Waals surface area contributed by atoms with E-state index in [1.165, 1.54) is 56.1 Å². The molecule has 1 aliphatic rings. The van der Waals surface area contributed by atoms with Gasteiger partial charge in [0.15, 0.2) is 0 Å². The van der Waals surface area contributed by atoms with Gasteiger partial charge in [-0.3, -0.25) is 0 Å². The van der Waals surface area contributed by atoms with Crippen molar-refractivity contribution in [3.63, 3.8) is 0 Å². The van der Waals surface area contributed by atoms with E-state index < -0.39 is 0 Å². The molecule has 3 atom stereocenters. The van der Waals surface area contributed by atoms with E-state index in [1.54, 1.807) is 0 Å². The Labute approximate surface area is 131 Å². The van der Waals surface area contributed by atoms with Gasteiger partial charge in [0.05, 0.1) is 0 Å². The van der Waals surface area contributed by atoms with Gasteiger partial charge in [-0.15, -0.1) is 0 Å². The van der Waals surface area contributed by atoms with E-state index in [0.29, 0.717) is 6.04 Å². The Morgan fingerprint density at radius 3 is 2.48 bits per heavy atom. The molecule has 0 heterocycles. The van der Waals surface area contributed by atoms with Gasteiger partial charge in [0.2, 0.25) is 0 Å². The molecule has 1 fully saturated rings. The highest BCUT2D eigenvalue weighted by Gasteiger charge is 2.28. The Hall–Kier alpha value is -0.820. The second-order valence-corrected chi connectivity index (χ2v) is 6.73. The van der Waals surface area contributed by atoms with Crippen molar-refractivity contribution >= 4 is 0 Å². The zero-order valence-corrected chi connectivity index (χ0v) is 14.2. The molecule has 0 saturated heterocycles. The summed E-state index contributed by atoms with van der Waals surface area (Å²) in [6.45, 7) is 7.91. The second kappa shape index (κ2) is 8.58. The van der Waals surface area contributed by atoms with Gasteiger partial charge in [-0.2, -0.15) is 0 Å². The van der Waals surface area contributed by atoms with Gasteiger partial charge in [0.25, 0.3) is 0 Å². The van der Waals surface area contributed by atoms with Crippen LogP contribution in [0, 0.1) is 11.8 Å². The van der Waals surface area contributed by atoms with Crippen molar-refractivity contribution in [3.8, 4) is 0 Å². The maximum absolute atomic E-state index is 3.76. The fourth-order valence-electron chi connectivity index (χ4n) is 3.96. The van der Waals surface area contributed by atoms with Crippen LogP contribution in [0.25, 0.3) is 0 Å². The highest BCUT2D eigenvalue weighted by Crippen LogP contribution is 2.38. The van der Waals surface area contributed by atoms with Crippen LogP contribution in [0.4, 0.5) is 0 Å². The van der Waals surface area contributed by atoms with Crippen molar-refractivity contribution in [1.82, 2.24) is 5.32 Å². The molecule has 0 spiro atoms. The zero-order valence-electron chi connectivity index (χ0n) is 14.2. The Balaban J connectivity index is 2.09. The number of hydrogen-bond donors (Lipinski definition) is 1. The van der Waals surface area contributed by atoms with Crippen LogP contribution < -0.4 is 5.32 Å². The molecule has 1 aromatic carbocycles. The molecule has 0 bridgehead atoms. The Kier molecular flexibility index (Phi) is 6.76. The lowest BCUT2D eigenvalue weighted by Crippen LogP contribution is -2.31. The van der Waals surface area contributed by atoms with Gasteiger partial charge in [-0.25, -0.2) is 0 Å². The fourth-order valence-corrected chi connectivity index (χ4v) is 3.96. The maximum Gasteiger partial charge on any atom is 0.0348 e. The molecular weight excluding hydrogens is 254 g/mol. The predicted octanol–water partition coefficient (Wildman–Crippen LogP) is 5.51. The lowest BCUT2D eigenvalue weighted by Gasteiger charge is -2.35. The standard InChI is InChI=1S/C20H33N/c1-4-8-17-11-13-18(14-12-17)20(21-6-3)19-10-7-9-16(5-2)15-19/h11-14,16,19-21H,4-10,15H2,1-3H3. The van der Waals surface area contributed by atoms with E-state index in [0.717, 1.165) is 18.4 Å². The molecule has 0 aliphatic heterocycles. The van der Waals surface area contributed by atoms with Crippen LogP contribution in [0.15, 0.2) is 24.3 Å². The van der Waals surface area contributed by atoms with Gasteiger partial charge >= 0.3 is 0 Å². The average Bonchev–Trinajstić information content (AvgIpc) is 2.54. The predicted molar refractivity (Wildman–Crippen MR) is 92.6 cm³/mol. The van der Waals surface area contributed by atoms with Gasteiger partial charge in [0, 0.05) is 6.04 Å². The normalized spacial score (nSPS) is 24.0. The van der Waals surface area contributed by atoms with Crippen LogP contribution in [-0.2, 0) is 6.42 Å². The number of benzene rings is 1. The number of hydrogen-bond acceptors (Lipinski definition) is 1. The van der Waals surface area contributed by atoms with E-state index in [1.807, 2.05) is 0 Å². The van der Waals surface area contributed by atoms with Crippen molar-refractivity contribution in [2.45, 2.75) is 71.8 Å². The third-order valence-electron chi connectivity index (χ3n) is 5.17. The summed E-state index contributed by atoms with van der Waals surface area (Å²) >= 11 is 0. The van der Waals surface area contributed by atoms with Crippen LogP contribution in [0.2, 0.25) is 0 Å². The highest BCUT2D eigenvalue weighted by molar-refractivity contribution is 5.26. The Bertz CT molecular complexity index is 395. The van der Waals surface area contributed by atoms with Crippen molar-refractivity contribution in [2.24, 2.45) is 11.8 Å². The molecule has 21 heavy (non-hydrogen) atoms. The topological polar surface area (TPSA) is 12.0 Å². The molecule has 1 N–H and O–H groups in total. The summed E-state index contributed by atoms with van der Waals surface area (Å²) in [4.78, 5) is 0. The lowest BCUT2D eigenvalue weighted by molar-refractivity contribution is 0.210. The summed E-state index contributed by atoms with van der Waals surface area (Å²) < 4.78 is 0. The minimum Gasteiger partial charge on any atom is -0.310 e. The van der Waals surface area contributed by atoms with Crippen LogP contribution >= 0.6 is 0 Å². The quantitative estimate of drug-likeness (QED) is 0.697. The van der Waals surface area contributed by atoms with Crippen LogP contribution in [0.1, 0.15) is 76.5 Å². The molecule has 2 rings (SSSR count). The molecule has 1 heteroatoms. The summed E-state index contributed by atoms with van der Waals surface area (Å²) in [6.07, 6.45) is 9.45. The molecule has 0 amide bonds. The largest absolute Gasteiger partial charge is 0.310 e. The average molecular weight is 287 g/mol. The maximum atomic E-state index is 3.76. The fraction of sp³-hybridized carbons (Fsp3) is 0.700. The van der Waals surface area contributed by atoms with Gasteiger partial charge in [-0.1, -0.05) is 70.7 Å². The minimum absolute atomic E-state index is 0.556. The molecular formula is C20H33N. The molecule has 118 valence electrons. The van der Waals surface area contributed by atoms with Gasteiger partial charge < -0.3 is 5.32 Å². The summed E-state index contributed by atoms with van der Waals surface area (Å²) in [6, 6.07) is 9.97. The summed E-state index contributed by atoms with van der Waals surface area (Å²) in [5, 5.41) is 3.76. The molecule has 1 aromatic rings. The summed E-state index contributed by atoms with van der Waals surface area (Å²) in [7, 11) is 0. The van der Waals surface area contributed by atoms with E-state index in [2.05, 4.69) is 50.4 Å². The van der Waals surface area contributed by atoms with Crippen molar-refractivity contribution in [1.29, 1.82) is 0 Å². The lowest BCUT2D eigenvalue weighted by atomic mass is 9.75. The van der Waals surface area contributed by atoms with Crippen molar-refractivity contribution in [2.75, 3.05) is 6.54 Å². The molecule has 3 unspecified atom stereocenters. The van der Waals surface area contributed by atoms with E-state index in [4.69, 9.17) is 0 Å². The smallest absolute Gasteiger partial charge is 0.0348 e. The van der Waals surface area contributed by atoms with Crippen LogP contribution in [-0.4, -0.2) is 6.54 Å². The molecule has 1 nitrogen and oxygen atoms in total. The first-order valence-corrected chi connectivity index (χ1v) is 9.10. The number of nitrogens with one attached hydrogen (secondary N) is 1. The van der Waals surface area contributed by atoms with Crippen LogP contribution in [0.5, 0.6) is 0 Å². The number of rotatable bonds is 7. The SMILES string of the molecule is CCCc1ccc(C(NCC)C2CCCC(CC)C2)cc1. The second-order valence-electron chi connectivity index (χ2n) is 6.73. The zero-order chi connectivity index (χ0) is 15.1.